The van der Waals surface area contributed by atoms with Crippen LogP contribution in [0.4, 0.5) is 11.4 Å². The Bertz CT molecular complexity index is 539. The van der Waals surface area contributed by atoms with E-state index in [4.69, 9.17) is 0 Å². The third-order valence-electron chi connectivity index (χ3n) is 3.58. The van der Waals surface area contributed by atoms with E-state index in [0.29, 0.717) is 38.2 Å². The number of nitrogens with zero attached hydrogens (tertiary/aromatic N) is 2. The van der Waals surface area contributed by atoms with Gasteiger partial charge in [0.1, 0.15) is 5.69 Å². The van der Waals surface area contributed by atoms with Gasteiger partial charge in [0, 0.05) is 31.3 Å². The van der Waals surface area contributed by atoms with Crippen molar-refractivity contribution >= 4 is 17.3 Å². The van der Waals surface area contributed by atoms with Gasteiger partial charge >= 0.3 is 0 Å². The molecule has 1 aromatic rings. The quantitative estimate of drug-likeness (QED) is 0.644. The number of amides is 1. The summed E-state index contributed by atoms with van der Waals surface area (Å²) < 4.78 is 0. The number of aliphatic hydroxyl groups excluding tert-OH is 1. The molecule has 0 saturated carbocycles. The summed E-state index contributed by atoms with van der Waals surface area (Å²) in [4.78, 5) is 24.4. The normalized spacial score (nSPS) is 15.8. The molecule has 2 rings (SSSR count). The van der Waals surface area contributed by atoms with Gasteiger partial charge in [0.25, 0.3) is 11.6 Å². The van der Waals surface area contributed by atoms with E-state index in [1.54, 1.807) is 19.1 Å². The van der Waals surface area contributed by atoms with Crippen LogP contribution in [0.3, 0.4) is 0 Å². The molecule has 7 heteroatoms. The first-order valence-corrected chi connectivity index (χ1v) is 7.02. The standard InChI is InChI=1S/C14H19N3O4/c1-2-15-14(19)10-3-4-12(13(9-10)17(20)21)16-7-5-11(18)6-8-16/h3-4,9,11,18H,2,5-8H2,1H3,(H,15,19). The van der Waals surface area contributed by atoms with Crippen LogP contribution in [0.1, 0.15) is 30.1 Å². The third-order valence-corrected chi connectivity index (χ3v) is 3.58. The fourth-order valence-electron chi connectivity index (χ4n) is 2.45. The average molecular weight is 293 g/mol. The van der Waals surface area contributed by atoms with Crippen LogP contribution < -0.4 is 10.2 Å². The average Bonchev–Trinajstić information content (AvgIpc) is 2.47. The Hall–Kier alpha value is -2.15. The highest BCUT2D eigenvalue weighted by Crippen LogP contribution is 2.31. The molecule has 1 aromatic carbocycles. The molecule has 21 heavy (non-hydrogen) atoms. The van der Waals surface area contributed by atoms with E-state index in [2.05, 4.69) is 5.32 Å². The number of aliphatic hydroxyl groups is 1. The van der Waals surface area contributed by atoms with E-state index >= 15 is 0 Å². The van der Waals surface area contributed by atoms with Crippen LogP contribution in [0.2, 0.25) is 0 Å². The lowest BCUT2D eigenvalue weighted by Gasteiger charge is -2.31. The molecule has 1 aliphatic heterocycles. The molecule has 0 spiro atoms. The van der Waals surface area contributed by atoms with Gasteiger partial charge in [0.15, 0.2) is 0 Å². The van der Waals surface area contributed by atoms with Crippen molar-refractivity contribution in [1.29, 1.82) is 0 Å². The number of anilines is 1. The fraction of sp³-hybridized carbons (Fsp3) is 0.500. The predicted octanol–water partition coefficient (Wildman–Crippen LogP) is 1.31. The zero-order valence-corrected chi connectivity index (χ0v) is 11.9. The second kappa shape index (κ2) is 6.53. The number of piperidine rings is 1. The van der Waals surface area contributed by atoms with Crippen LogP contribution >= 0.6 is 0 Å². The molecular weight excluding hydrogens is 274 g/mol. The number of nitrogens with one attached hydrogen (secondary N) is 1. The smallest absolute Gasteiger partial charge is 0.293 e. The highest BCUT2D eigenvalue weighted by atomic mass is 16.6. The van der Waals surface area contributed by atoms with Crippen LogP contribution in [0.15, 0.2) is 18.2 Å². The molecular formula is C14H19N3O4. The molecule has 114 valence electrons. The van der Waals surface area contributed by atoms with Crippen molar-refractivity contribution < 1.29 is 14.8 Å². The van der Waals surface area contributed by atoms with Crippen molar-refractivity contribution in [3.8, 4) is 0 Å². The van der Waals surface area contributed by atoms with Gasteiger partial charge < -0.3 is 15.3 Å². The Kier molecular flexibility index (Phi) is 4.74. The van der Waals surface area contributed by atoms with Gasteiger partial charge in [-0.05, 0) is 31.9 Å². The summed E-state index contributed by atoms with van der Waals surface area (Å²) in [5.74, 6) is -0.318. The monoisotopic (exact) mass is 293 g/mol. The van der Waals surface area contributed by atoms with Gasteiger partial charge in [-0.1, -0.05) is 0 Å². The number of carbonyl (C=O) groups excluding carboxylic acids is 1. The van der Waals surface area contributed by atoms with Crippen molar-refractivity contribution in [2.45, 2.75) is 25.9 Å². The van der Waals surface area contributed by atoms with Crippen LogP contribution in [0.25, 0.3) is 0 Å². The van der Waals surface area contributed by atoms with Crippen molar-refractivity contribution in [3.63, 3.8) is 0 Å². The van der Waals surface area contributed by atoms with Crippen molar-refractivity contribution in [3.05, 3.63) is 33.9 Å². The Morgan fingerprint density at radius 3 is 2.71 bits per heavy atom. The van der Waals surface area contributed by atoms with E-state index in [9.17, 15) is 20.0 Å². The van der Waals surface area contributed by atoms with Gasteiger partial charge in [0.05, 0.1) is 11.0 Å². The minimum absolute atomic E-state index is 0.0739. The number of hydrogen-bond acceptors (Lipinski definition) is 5. The predicted molar refractivity (Wildman–Crippen MR) is 78.6 cm³/mol. The first-order valence-electron chi connectivity index (χ1n) is 7.02. The second-order valence-electron chi connectivity index (χ2n) is 5.04. The van der Waals surface area contributed by atoms with Gasteiger partial charge in [-0.15, -0.1) is 0 Å². The summed E-state index contributed by atoms with van der Waals surface area (Å²) in [5.41, 5.74) is 0.708. The number of nitro groups is 1. The van der Waals surface area contributed by atoms with Gasteiger partial charge in [-0.25, -0.2) is 0 Å². The van der Waals surface area contributed by atoms with Gasteiger partial charge in [-0.3, -0.25) is 14.9 Å². The summed E-state index contributed by atoms with van der Waals surface area (Å²) >= 11 is 0. The number of rotatable bonds is 4. The Labute approximate surface area is 122 Å². The molecule has 7 nitrogen and oxygen atoms in total. The SMILES string of the molecule is CCNC(=O)c1ccc(N2CCC(O)CC2)c([N+](=O)[O-])c1. The number of nitro benzene ring substituents is 1. The van der Waals surface area contributed by atoms with E-state index in [1.165, 1.54) is 6.07 Å². The van der Waals surface area contributed by atoms with E-state index in [0.717, 1.165) is 0 Å². The number of hydrogen-bond donors (Lipinski definition) is 2. The summed E-state index contributed by atoms with van der Waals surface area (Å²) in [6.07, 6.45) is 0.847. The maximum atomic E-state index is 11.8. The molecule has 1 amide bonds. The summed E-state index contributed by atoms with van der Waals surface area (Å²) in [6, 6.07) is 4.52. The van der Waals surface area contributed by atoms with Crippen molar-refractivity contribution in [2.75, 3.05) is 24.5 Å². The largest absolute Gasteiger partial charge is 0.393 e. The molecule has 0 atom stereocenters. The maximum Gasteiger partial charge on any atom is 0.293 e. The third kappa shape index (κ3) is 3.49. The first kappa shape index (κ1) is 15.2. The zero-order chi connectivity index (χ0) is 15.4. The summed E-state index contributed by atoms with van der Waals surface area (Å²) in [7, 11) is 0. The molecule has 0 unspecified atom stereocenters. The highest BCUT2D eigenvalue weighted by Gasteiger charge is 2.25. The molecule has 2 N–H and O–H groups in total. The second-order valence-corrected chi connectivity index (χ2v) is 5.04. The lowest BCUT2D eigenvalue weighted by atomic mass is 10.1. The zero-order valence-electron chi connectivity index (χ0n) is 11.9. The topological polar surface area (TPSA) is 95.7 Å². The van der Waals surface area contributed by atoms with Crippen LogP contribution in [0.5, 0.6) is 0 Å². The van der Waals surface area contributed by atoms with E-state index < -0.39 is 4.92 Å². The lowest BCUT2D eigenvalue weighted by molar-refractivity contribution is -0.384. The van der Waals surface area contributed by atoms with E-state index in [-0.39, 0.29) is 23.3 Å². The Morgan fingerprint density at radius 2 is 2.14 bits per heavy atom. The van der Waals surface area contributed by atoms with Crippen LogP contribution in [0, 0.1) is 10.1 Å². The minimum atomic E-state index is -0.469. The molecule has 1 saturated heterocycles. The maximum absolute atomic E-state index is 11.8. The summed E-state index contributed by atoms with van der Waals surface area (Å²) in [6.45, 7) is 3.41. The number of benzene rings is 1. The van der Waals surface area contributed by atoms with Crippen LogP contribution in [-0.2, 0) is 0 Å². The van der Waals surface area contributed by atoms with E-state index in [1.807, 2.05) is 4.90 Å². The minimum Gasteiger partial charge on any atom is -0.393 e. The highest BCUT2D eigenvalue weighted by molar-refractivity contribution is 5.95. The molecule has 0 aromatic heterocycles. The molecule has 0 radical (unpaired) electrons. The molecule has 1 aliphatic rings. The lowest BCUT2D eigenvalue weighted by Crippen LogP contribution is -2.36. The van der Waals surface area contributed by atoms with Crippen molar-refractivity contribution in [2.24, 2.45) is 0 Å². The molecule has 0 bridgehead atoms. The Morgan fingerprint density at radius 1 is 1.48 bits per heavy atom. The fourth-order valence-corrected chi connectivity index (χ4v) is 2.45. The van der Waals surface area contributed by atoms with Gasteiger partial charge in [0.2, 0.25) is 0 Å². The first-order chi connectivity index (χ1) is 10.0. The molecule has 1 fully saturated rings. The molecule has 0 aliphatic carbocycles. The number of carbonyl (C=O) groups is 1. The molecule has 1 heterocycles. The van der Waals surface area contributed by atoms with Gasteiger partial charge in [-0.2, -0.15) is 0 Å². The Balaban J connectivity index is 2.29. The van der Waals surface area contributed by atoms with Crippen molar-refractivity contribution in [1.82, 2.24) is 5.32 Å². The summed E-state index contributed by atoms with van der Waals surface area (Å²) in [5, 5.41) is 23.4. The van der Waals surface area contributed by atoms with Crippen LogP contribution in [-0.4, -0.2) is 41.7 Å².